The number of rotatable bonds is 6. The number of aromatic nitrogens is 3. The second-order valence-electron chi connectivity index (χ2n) is 7.65. The zero-order valence-corrected chi connectivity index (χ0v) is 17.7. The van der Waals surface area contributed by atoms with Crippen LogP contribution in [0.4, 0.5) is 0 Å². The molecule has 0 fully saturated rings. The van der Waals surface area contributed by atoms with Crippen molar-refractivity contribution >= 4 is 16.9 Å². The number of carbonyl (C=O) groups is 1. The van der Waals surface area contributed by atoms with Gasteiger partial charge in [0.25, 0.3) is 5.91 Å². The van der Waals surface area contributed by atoms with Gasteiger partial charge in [0.05, 0.1) is 17.4 Å². The van der Waals surface area contributed by atoms with Gasteiger partial charge in [-0.1, -0.05) is 54.6 Å². The zero-order valence-electron chi connectivity index (χ0n) is 17.7. The van der Waals surface area contributed by atoms with Crippen molar-refractivity contribution < 1.29 is 9.21 Å². The molecule has 0 saturated heterocycles. The van der Waals surface area contributed by atoms with E-state index in [9.17, 15) is 4.79 Å². The molecule has 158 valence electrons. The first-order valence-electron chi connectivity index (χ1n) is 10.5. The second kappa shape index (κ2) is 8.51. The highest BCUT2D eigenvalue weighted by Gasteiger charge is 2.17. The lowest BCUT2D eigenvalue weighted by Crippen LogP contribution is -2.23. The van der Waals surface area contributed by atoms with Gasteiger partial charge in [-0.2, -0.15) is 0 Å². The topological polar surface area (TPSA) is 73.0 Å². The Kier molecular flexibility index (Phi) is 5.25. The number of carbonyl (C=O) groups excluding carboxylic acids is 1. The Morgan fingerprint density at radius 1 is 0.938 bits per heavy atom. The number of para-hydroxylation sites is 2. The van der Waals surface area contributed by atoms with Crippen LogP contribution in [0.5, 0.6) is 0 Å². The van der Waals surface area contributed by atoms with Gasteiger partial charge in [-0.15, -0.1) is 0 Å². The molecule has 0 unspecified atom stereocenters. The van der Waals surface area contributed by atoms with Crippen molar-refractivity contribution in [1.82, 2.24) is 19.9 Å². The van der Waals surface area contributed by atoms with E-state index in [1.165, 1.54) is 5.56 Å². The summed E-state index contributed by atoms with van der Waals surface area (Å²) in [6, 6.07) is 25.9. The fourth-order valence-corrected chi connectivity index (χ4v) is 3.67. The van der Waals surface area contributed by atoms with Crippen LogP contribution in [-0.4, -0.2) is 20.4 Å². The fourth-order valence-electron chi connectivity index (χ4n) is 3.67. The summed E-state index contributed by atoms with van der Waals surface area (Å²) in [6.45, 7) is 2.91. The van der Waals surface area contributed by atoms with E-state index in [1.54, 1.807) is 6.92 Å². The molecule has 1 amide bonds. The number of benzene rings is 3. The highest BCUT2D eigenvalue weighted by molar-refractivity contribution is 5.93. The molecule has 5 rings (SSSR count). The van der Waals surface area contributed by atoms with Crippen molar-refractivity contribution in [2.75, 3.05) is 0 Å². The summed E-state index contributed by atoms with van der Waals surface area (Å²) in [7, 11) is 0. The molecular weight excluding hydrogens is 400 g/mol. The monoisotopic (exact) mass is 422 g/mol. The smallest absolute Gasteiger partial charge is 0.273 e. The van der Waals surface area contributed by atoms with Crippen molar-refractivity contribution in [1.29, 1.82) is 0 Å². The summed E-state index contributed by atoms with van der Waals surface area (Å²) < 4.78 is 7.82. The highest BCUT2D eigenvalue weighted by Crippen LogP contribution is 2.21. The maximum absolute atomic E-state index is 12.6. The molecule has 0 aliphatic heterocycles. The Hall–Kier alpha value is -4.19. The van der Waals surface area contributed by atoms with E-state index < -0.39 is 0 Å². The Balaban J connectivity index is 1.23. The van der Waals surface area contributed by atoms with Crippen molar-refractivity contribution in [2.45, 2.75) is 20.0 Å². The van der Waals surface area contributed by atoms with Gasteiger partial charge in [0.1, 0.15) is 5.76 Å². The molecule has 0 aliphatic carbocycles. The van der Waals surface area contributed by atoms with E-state index >= 15 is 0 Å². The molecule has 2 aromatic heterocycles. The third-order valence-electron chi connectivity index (χ3n) is 5.39. The van der Waals surface area contributed by atoms with Crippen LogP contribution in [0.3, 0.4) is 0 Å². The molecule has 0 bridgehead atoms. The van der Waals surface area contributed by atoms with E-state index in [4.69, 9.17) is 4.42 Å². The van der Waals surface area contributed by atoms with Gasteiger partial charge in [-0.25, -0.2) is 9.97 Å². The lowest BCUT2D eigenvalue weighted by Gasteiger charge is -2.07. The summed E-state index contributed by atoms with van der Waals surface area (Å²) in [5, 5.41) is 2.93. The molecule has 6 nitrogen and oxygen atoms in total. The molecule has 2 heterocycles. The molecule has 0 spiro atoms. The summed E-state index contributed by atoms with van der Waals surface area (Å²) in [6.07, 6.45) is 1.86. The summed E-state index contributed by atoms with van der Waals surface area (Å²) in [5.41, 5.74) is 5.44. The first-order valence-corrected chi connectivity index (χ1v) is 10.5. The van der Waals surface area contributed by atoms with Gasteiger partial charge in [-0.3, -0.25) is 4.79 Å². The number of nitrogens with zero attached hydrogens (tertiary/aromatic N) is 3. The maximum atomic E-state index is 12.6. The summed E-state index contributed by atoms with van der Waals surface area (Å²) >= 11 is 0. The van der Waals surface area contributed by atoms with E-state index in [2.05, 4.69) is 38.1 Å². The third kappa shape index (κ3) is 4.03. The van der Waals surface area contributed by atoms with E-state index in [0.29, 0.717) is 23.9 Å². The zero-order chi connectivity index (χ0) is 21.9. The quantitative estimate of drug-likeness (QED) is 0.419. The van der Waals surface area contributed by atoms with Crippen LogP contribution in [0.15, 0.2) is 89.6 Å². The molecular formula is C26H22N4O2. The minimum atomic E-state index is -0.248. The predicted octanol–water partition coefficient (Wildman–Crippen LogP) is 4.98. The predicted molar refractivity (Wildman–Crippen MR) is 123 cm³/mol. The van der Waals surface area contributed by atoms with Crippen LogP contribution < -0.4 is 5.32 Å². The molecule has 1 N–H and O–H groups in total. The minimum absolute atomic E-state index is 0.248. The van der Waals surface area contributed by atoms with Crippen LogP contribution in [-0.2, 0) is 13.1 Å². The molecule has 5 aromatic rings. The first-order chi connectivity index (χ1) is 15.7. The lowest BCUT2D eigenvalue weighted by molar-refractivity contribution is 0.0945. The average molecular weight is 422 g/mol. The third-order valence-corrected chi connectivity index (χ3v) is 5.39. The standard InChI is InChI=1S/C26H22N4O2/c1-18-24(29-26(32-18)21-7-3-2-4-8-21)25(31)27-15-19-11-13-20(14-12-19)16-30-17-28-22-9-5-6-10-23(22)30/h2-14,17H,15-16H2,1H3,(H,27,31). The van der Waals surface area contributed by atoms with Crippen LogP contribution >= 0.6 is 0 Å². The number of fused-ring (bicyclic) bond motifs is 1. The lowest BCUT2D eigenvalue weighted by atomic mass is 10.1. The number of amides is 1. The second-order valence-corrected chi connectivity index (χ2v) is 7.65. The highest BCUT2D eigenvalue weighted by atomic mass is 16.4. The Morgan fingerprint density at radius 3 is 2.47 bits per heavy atom. The summed E-state index contributed by atoms with van der Waals surface area (Å²) in [5.74, 6) is 0.705. The molecule has 0 saturated carbocycles. The van der Waals surface area contributed by atoms with E-state index in [1.807, 2.05) is 67.0 Å². The van der Waals surface area contributed by atoms with Crippen molar-refractivity contribution in [2.24, 2.45) is 0 Å². The maximum Gasteiger partial charge on any atom is 0.273 e. The van der Waals surface area contributed by atoms with Gasteiger partial charge in [-0.05, 0) is 42.3 Å². The van der Waals surface area contributed by atoms with Gasteiger partial charge < -0.3 is 14.3 Å². The molecule has 0 aliphatic rings. The van der Waals surface area contributed by atoms with Crippen LogP contribution in [0.2, 0.25) is 0 Å². The molecule has 3 aromatic carbocycles. The van der Waals surface area contributed by atoms with Crippen LogP contribution in [0.1, 0.15) is 27.4 Å². The number of hydrogen-bond donors (Lipinski definition) is 1. The van der Waals surface area contributed by atoms with Gasteiger partial charge in [0.15, 0.2) is 5.69 Å². The van der Waals surface area contributed by atoms with Crippen molar-refractivity contribution in [3.63, 3.8) is 0 Å². The van der Waals surface area contributed by atoms with Gasteiger partial charge in [0, 0.05) is 18.7 Å². The number of oxazole rings is 1. The fraction of sp³-hybridized carbons (Fsp3) is 0.115. The Morgan fingerprint density at radius 2 is 1.66 bits per heavy atom. The summed E-state index contributed by atoms with van der Waals surface area (Å²) in [4.78, 5) is 21.5. The Bertz CT molecular complexity index is 1370. The van der Waals surface area contributed by atoms with Gasteiger partial charge in [0.2, 0.25) is 5.89 Å². The molecule has 6 heteroatoms. The largest absolute Gasteiger partial charge is 0.441 e. The average Bonchev–Trinajstić information content (AvgIpc) is 3.43. The first kappa shape index (κ1) is 19.8. The van der Waals surface area contributed by atoms with E-state index in [0.717, 1.165) is 28.7 Å². The van der Waals surface area contributed by atoms with Crippen molar-refractivity contribution in [3.8, 4) is 11.5 Å². The number of hydrogen-bond acceptors (Lipinski definition) is 4. The normalized spacial score (nSPS) is 11.0. The Labute approximate surface area is 185 Å². The van der Waals surface area contributed by atoms with E-state index in [-0.39, 0.29) is 5.91 Å². The van der Waals surface area contributed by atoms with Crippen LogP contribution in [0, 0.1) is 6.92 Å². The minimum Gasteiger partial charge on any atom is -0.441 e. The molecule has 32 heavy (non-hydrogen) atoms. The number of aryl methyl sites for hydroxylation is 1. The van der Waals surface area contributed by atoms with Crippen molar-refractivity contribution in [3.05, 3.63) is 108 Å². The molecule has 0 radical (unpaired) electrons. The SMILES string of the molecule is Cc1oc(-c2ccccc2)nc1C(=O)NCc1ccc(Cn2cnc3ccccc32)cc1. The van der Waals surface area contributed by atoms with Crippen LogP contribution in [0.25, 0.3) is 22.5 Å². The van der Waals surface area contributed by atoms with Gasteiger partial charge >= 0.3 is 0 Å². The number of nitrogens with one attached hydrogen (secondary N) is 1. The molecule has 0 atom stereocenters. The number of imidazole rings is 1.